The predicted molar refractivity (Wildman–Crippen MR) is 46.2 cm³/mol. The highest BCUT2D eigenvalue weighted by Crippen LogP contribution is 2.53. The summed E-state index contributed by atoms with van der Waals surface area (Å²) < 4.78 is 0. The van der Waals surface area contributed by atoms with Crippen molar-refractivity contribution in [2.45, 2.75) is 25.2 Å². The fourth-order valence-electron chi connectivity index (χ4n) is 2.15. The molecule has 2 aliphatic rings. The first-order chi connectivity index (χ1) is 5.84. The molecule has 2 aliphatic carbocycles. The molecule has 0 N–H and O–H groups in total. The minimum atomic E-state index is 0.404. The van der Waals surface area contributed by atoms with Gasteiger partial charge in [0.05, 0.1) is 5.69 Å². The summed E-state index contributed by atoms with van der Waals surface area (Å²) in [7, 11) is 0. The summed E-state index contributed by atoms with van der Waals surface area (Å²) in [5, 5.41) is 0.404. The van der Waals surface area contributed by atoms with Gasteiger partial charge in [-0.1, -0.05) is 0 Å². The van der Waals surface area contributed by atoms with Gasteiger partial charge in [0.1, 0.15) is 0 Å². The summed E-state index contributed by atoms with van der Waals surface area (Å²) in [4.78, 5) is 8.29. The molecule has 0 aromatic carbocycles. The molecule has 0 radical (unpaired) electrons. The number of nitrogens with zero attached hydrogens (tertiary/aromatic N) is 2. The van der Waals surface area contributed by atoms with Gasteiger partial charge in [-0.25, -0.2) is 9.97 Å². The maximum Gasteiger partial charge on any atom is 0.222 e. The molecule has 1 aromatic heterocycles. The zero-order chi connectivity index (χ0) is 8.13. The van der Waals surface area contributed by atoms with Crippen molar-refractivity contribution in [1.82, 2.24) is 9.97 Å². The second-order valence-corrected chi connectivity index (χ2v) is 4.03. The van der Waals surface area contributed by atoms with Crippen LogP contribution in [-0.2, 0) is 6.42 Å². The first kappa shape index (κ1) is 6.84. The van der Waals surface area contributed by atoms with Crippen molar-refractivity contribution in [3.05, 3.63) is 22.7 Å². The van der Waals surface area contributed by atoms with Gasteiger partial charge in [-0.3, -0.25) is 0 Å². The molecule has 1 fully saturated rings. The summed E-state index contributed by atoms with van der Waals surface area (Å²) in [5.74, 6) is 1.62. The number of halogens is 1. The monoisotopic (exact) mass is 180 g/mol. The summed E-state index contributed by atoms with van der Waals surface area (Å²) in [6.45, 7) is 0. The largest absolute Gasteiger partial charge is 0.226 e. The second-order valence-electron chi connectivity index (χ2n) is 3.69. The van der Waals surface area contributed by atoms with Crippen LogP contribution in [0.5, 0.6) is 0 Å². The highest BCUT2D eigenvalue weighted by atomic mass is 35.5. The number of aromatic nitrogens is 2. The van der Waals surface area contributed by atoms with Crippen LogP contribution < -0.4 is 0 Å². The topological polar surface area (TPSA) is 25.8 Å². The molecule has 3 heteroatoms. The third kappa shape index (κ3) is 0.876. The summed E-state index contributed by atoms with van der Waals surface area (Å²) in [5.41, 5.74) is 2.55. The lowest BCUT2D eigenvalue weighted by atomic mass is 9.98. The molecule has 0 saturated heterocycles. The highest BCUT2D eigenvalue weighted by molar-refractivity contribution is 6.28. The quantitative estimate of drug-likeness (QED) is 0.572. The Bertz CT molecular complexity index is 337. The van der Waals surface area contributed by atoms with E-state index in [1.54, 1.807) is 0 Å². The standard InChI is InChI=1S/C9H9ClN2/c10-9-11-4-6-2-1-5-3-7(5)8(6)12-9/h4-5,7H,1-3H2. The van der Waals surface area contributed by atoms with Gasteiger partial charge in [0.25, 0.3) is 0 Å². The molecule has 1 saturated carbocycles. The molecule has 2 unspecified atom stereocenters. The fraction of sp³-hybridized carbons (Fsp3) is 0.556. The van der Waals surface area contributed by atoms with Crippen LogP contribution in [0.3, 0.4) is 0 Å². The van der Waals surface area contributed by atoms with E-state index in [0.29, 0.717) is 11.2 Å². The Balaban J connectivity index is 2.14. The molecule has 2 nitrogen and oxygen atoms in total. The lowest BCUT2D eigenvalue weighted by Gasteiger charge is -2.12. The number of rotatable bonds is 0. The normalized spacial score (nSPS) is 30.8. The van der Waals surface area contributed by atoms with Crippen LogP contribution in [-0.4, -0.2) is 9.97 Å². The Labute approximate surface area is 76.0 Å². The van der Waals surface area contributed by atoms with Gasteiger partial charge < -0.3 is 0 Å². The molecule has 62 valence electrons. The van der Waals surface area contributed by atoms with Crippen molar-refractivity contribution in [1.29, 1.82) is 0 Å². The van der Waals surface area contributed by atoms with E-state index in [1.165, 1.54) is 24.1 Å². The Kier molecular flexibility index (Phi) is 1.25. The predicted octanol–water partition coefficient (Wildman–Crippen LogP) is 2.18. The minimum absolute atomic E-state index is 0.404. The van der Waals surface area contributed by atoms with E-state index in [9.17, 15) is 0 Å². The lowest BCUT2D eigenvalue weighted by Crippen LogP contribution is -2.05. The maximum atomic E-state index is 5.74. The zero-order valence-electron chi connectivity index (χ0n) is 6.63. The third-order valence-electron chi connectivity index (χ3n) is 2.93. The molecule has 0 aliphatic heterocycles. The van der Waals surface area contributed by atoms with E-state index in [1.807, 2.05) is 6.20 Å². The average Bonchev–Trinajstić information content (AvgIpc) is 2.82. The van der Waals surface area contributed by atoms with E-state index in [-0.39, 0.29) is 0 Å². The highest BCUT2D eigenvalue weighted by Gasteiger charge is 2.43. The van der Waals surface area contributed by atoms with Crippen LogP contribution in [0.2, 0.25) is 5.28 Å². The average molecular weight is 181 g/mol. The van der Waals surface area contributed by atoms with E-state index in [2.05, 4.69) is 9.97 Å². The zero-order valence-corrected chi connectivity index (χ0v) is 7.38. The molecule has 3 rings (SSSR count). The molecule has 1 aromatic rings. The van der Waals surface area contributed by atoms with Crippen LogP contribution >= 0.6 is 11.6 Å². The van der Waals surface area contributed by atoms with Crippen molar-refractivity contribution in [3.63, 3.8) is 0 Å². The molecular formula is C9H9ClN2. The Morgan fingerprint density at radius 3 is 3.33 bits per heavy atom. The van der Waals surface area contributed by atoms with Crippen LogP contribution in [0.15, 0.2) is 6.20 Å². The van der Waals surface area contributed by atoms with Crippen molar-refractivity contribution in [3.8, 4) is 0 Å². The first-order valence-electron chi connectivity index (χ1n) is 4.36. The van der Waals surface area contributed by atoms with Gasteiger partial charge in [-0.2, -0.15) is 0 Å². The van der Waals surface area contributed by atoms with Gasteiger partial charge in [0.2, 0.25) is 5.28 Å². The smallest absolute Gasteiger partial charge is 0.222 e. The van der Waals surface area contributed by atoms with Crippen LogP contribution in [0.4, 0.5) is 0 Å². The van der Waals surface area contributed by atoms with Crippen molar-refractivity contribution in [2.24, 2.45) is 5.92 Å². The molecule has 12 heavy (non-hydrogen) atoms. The third-order valence-corrected chi connectivity index (χ3v) is 3.11. The van der Waals surface area contributed by atoms with Crippen LogP contribution in [0.25, 0.3) is 0 Å². The van der Waals surface area contributed by atoms with Crippen LogP contribution in [0, 0.1) is 5.92 Å². The second kappa shape index (κ2) is 2.19. The molecular weight excluding hydrogens is 172 g/mol. The number of aryl methyl sites for hydroxylation is 1. The molecule has 1 heterocycles. The summed E-state index contributed by atoms with van der Waals surface area (Å²) >= 11 is 5.74. The van der Waals surface area contributed by atoms with E-state index >= 15 is 0 Å². The molecule has 0 amide bonds. The fourth-order valence-corrected chi connectivity index (χ4v) is 2.29. The van der Waals surface area contributed by atoms with Gasteiger partial charge in [-0.05, 0) is 42.3 Å². The minimum Gasteiger partial charge on any atom is -0.226 e. The SMILES string of the molecule is Clc1ncc2c(n1)C1CC1CC2. The molecule has 2 atom stereocenters. The van der Waals surface area contributed by atoms with Gasteiger partial charge in [0.15, 0.2) is 0 Å². The lowest BCUT2D eigenvalue weighted by molar-refractivity contribution is 0.650. The Morgan fingerprint density at radius 1 is 1.50 bits per heavy atom. The van der Waals surface area contributed by atoms with Gasteiger partial charge >= 0.3 is 0 Å². The Morgan fingerprint density at radius 2 is 2.42 bits per heavy atom. The van der Waals surface area contributed by atoms with Crippen LogP contribution in [0.1, 0.15) is 30.0 Å². The van der Waals surface area contributed by atoms with Crippen molar-refractivity contribution in [2.75, 3.05) is 0 Å². The van der Waals surface area contributed by atoms with Gasteiger partial charge in [0, 0.05) is 12.1 Å². The van der Waals surface area contributed by atoms with Crippen molar-refractivity contribution >= 4 is 11.6 Å². The maximum absolute atomic E-state index is 5.74. The Hall–Kier alpha value is -0.630. The number of hydrogen-bond acceptors (Lipinski definition) is 2. The number of fused-ring (bicyclic) bond motifs is 3. The van der Waals surface area contributed by atoms with Gasteiger partial charge in [-0.15, -0.1) is 0 Å². The summed E-state index contributed by atoms with van der Waals surface area (Å²) in [6, 6.07) is 0. The van der Waals surface area contributed by atoms with Crippen molar-refractivity contribution < 1.29 is 0 Å². The molecule has 0 spiro atoms. The summed E-state index contributed by atoms with van der Waals surface area (Å²) in [6.07, 6.45) is 5.68. The number of hydrogen-bond donors (Lipinski definition) is 0. The van der Waals surface area contributed by atoms with E-state index in [4.69, 9.17) is 11.6 Å². The first-order valence-corrected chi connectivity index (χ1v) is 4.73. The van der Waals surface area contributed by atoms with E-state index < -0.39 is 0 Å². The molecule has 0 bridgehead atoms. The van der Waals surface area contributed by atoms with E-state index in [0.717, 1.165) is 12.3 Å².